The Hall–Kier alpha value is -1.48. The first-order chi connectivity index (χ1) is 8.74. The minimum absolute atomic E-state index is 1.10. The largest absolute Gasteiger partial charge is 0.373 e. The fraction of sp³-hybridized carbons (Fsp3) is 0.467. The second-order valence-corrected chi connectivity index (χ2v) is 4.88. The molecule has 1 heterocycles. The first-order valence-corrected chi connectivity index (χ1v) is 6.67. The van der Waals surface area contributed by atoms with E-state index in [1.807, 2.05) is 7.05 Å². The van der Waals surface area contributed by atoms with E-state index in [1.54, 1.807) is 0 Å². The van der Waals surface area contributed by atoms with Crippen molar-refractivity contribution in [3.05, 3.63) is 30.0 Å². The molecule has 2 aromatic rings. The van der Waals surface area contributed by atoms with Gasteiger partial charge >= 0.3 is 0 Å². The fourth-order valence-electron chi connectivity index (χ4n) is 2.52. The lowest BCUT2D eigenvalue weighted by molar-refractivity contribution is 0.671. The van der Waals surface area contributed by atoms with Gasteiger partial charge in [-0.3, -0.25) is 0 Å². The molecule has 2 N–H and O–H groups in total. The monoisotopic (exact) mass is 245 g/mol. The Balaban J connectivity index is 2.12. The van der Waals surface area contributed by atoms with Gasteiger partial charge in [0.15, 0.2) is 0 Å². The molecule has 0 saturated carbocycles. The molecule has 0 spiro atoms. The highest BCUT2D eigenvalue weighted by atomic mass is 15.1. The summed E-state index contributed by atoms with van der Waals surface area (Å²) in [6.45, 7) is 4.35. The Morgan fingerprint density at radius 3 is 2.78 bits per heavy atom. The zero-order valence-corrected chi connectivity index (χ0v) is 11.6. The van der Waals surface area contributed by atoms with E-state index >= 15 is 0 Å². The first-order valence-electron chi connectivity index (χ1n) is 6.67. The predicted molar refractivity (Wildman–Crippen MR) is 79.5 cm³/mol. The molecule has 0 bridgehead atoms. The Morgan fingerprint density at radius 2 is 2.00 bits per heavy atom. The maximum Gasteiger partial charge on any atom is 0.0651 e. The van der Waals surface area contributed by atoms with Gasteiger partial charge in [-0.05, 0) is 39.4 Å². The lowest BCUT2D eigenvalue weighted by Crippen LogP contribution is -2.20. The number of anilines is 1. The quantitative estimate of drug-likeness (QED) is 0.767. The topological polar surface area (TPSA) is 31.1 Å². The number of unbranched alkanes of at least 4 members (excludes halogenated alkanes) is 1. The number of hydrogen-bond donors (Lipinski definition) is 2. The number of aryl methyl sites for hydroxylation is 1. The molecular formula is C15H23N3. The van der Waals surface area contributed by atoms with Crippen LogP contribution in [0.4, 0.5) is 5.69 Å². The molecule has 0 fully saturated rings. The van der Waals surface area contributed by atoms with Gasteiger partial charge in [0.1, 0.15) is 0 Å². The standard InChI is InChI=1S/C15H23N3/c1-12-15(18(3)11-7-6-10-16-2)13-8-4-5-9-14(13)17-12/h4-5,8-9,16-17H,6-7,10-11H2,1-3H3. The number of aromatic amines is 1. The van der Waals surface area contributed by atoms with Gasteiger partial charge in [-0.1, -0.05) is 18.2 Å². The predicted octanol–water partition coefficient (Wildman–Crippen LogP) is 2.91. The average Bonchev–Trinajstić information content (AvgIpc) is 2.70. The van der Waals surface area contributed by atoms with Crippen molar-refractivity contribution in [1.29, 1.82) is 0 Å². The molecule has 1 aromatic carbocycles. The molecule has 1 aromatic heterocycles. The van der Waals surface area contributed by atoms with E-state index in [0.717, 1.165) is 13.1 Å². The lowest BCUT2D eigenvalue weighted by Gasteiger charge is -2.19. The number of rotatable bonds is 6. The zero-order valence-electron chi connectivity index (χ0n) is 11.6. The van der Waals surface area contributed by atoms with Crippen LogP contribution in [0.5, 0.6) is 0 Å². The minimum Gasteiger partial charge on any atom is -0.373 e. The molecular weight excluding hydrogens is 222 g/mol. The molecule has 0 radical (unpaired) electrons. The third-order valence-electron chi connectivity index (χ3n) is 3.41. The van der Waals surface area contributed by atoms with Crippen LogP contribution in [0.2, 0.25) is 0 Å². The first kappa shape index (κ1) is 13.0. The van der Waals surface area contributed by atoms with E-state index in [0.29, 0.717) is 0 Å². The van der Waals surface area contributed by atoms with Crippen LogP contribution in [0.25, 0.3) is 10.9 Å². The Morgan fingerprint density at radius 1 is 1.22 bits per heavy atom. The zero-order chi connectivity index (χ0) is 13.0. The molecule has 0 atom stereocenters. The number of benzene rings is 1. The molecule has 2 rings (SSSR count). The Kier molecular flexibility index (Phi) is 4.26. The van der Waals surface area contributed by atoms with Gasteiger partial charge in [0.05, 0.1) is 5.69 Å². The summed E-state index contributed by atoms with van der Waals surface area (Å²) in [4.78, 5) is 5.82. The van der Waals surface area contributed by atoms with E-state index in [1.165, 1.54) is 35.1 Å². The molecule has 0 unspecified atom stereocenters. The van der Waals surface area contributed by atoms with Crippen molar-refractivity contribution in [2.45, 2.75) is 19.8 Å². The van der Waals surface area contributed by atoms with Gasteiger partial charge in [0, 0.05) is 30.2 Å². The summed E-state index contributed by atoms with van der Waals surface area (Å²) in [5, 5.41) is 4.52. The van der Waals surface area contributed by atoms with E-state index in [2.05, 4.69) is 53.4 Å². The fourth-order valence-corrected chi connectivity index (χ4v) is 2.52. The average molecular weight is 245 g/mol. The van der Waals surface area contributed by atoms with Crippen LogP contribution in [0.3, 0.4) is 0 Å². The van der Waals surface area contributed by atoms with Gasteiger partial charge in [0.25, 0.3) is 0 Å². The molecule has 0 amide bonds. The number of nitrogens with zero attached hydrogens (tertiary/aromatic N) is 1. The number of nitrogens with one attached hydrogen (secondary N) is 2. The molecule has 0 aliphatic carbocycles. The lowest BCUT2D eigenvalue weighted by atomic mass is 10.2. The maximum absolute atomic E-state index is 3.46. The number of fused-ring (bicyclic) bond motifs is 1. The highest BCUT2D eigenvalue weighted by Gasteiger charge is 2.11. The SMILES string of the molecule is CNCCCCN(C)c1c(C)[nH]c2ccccc12. The van der Waals surface area contributed by atoms with Crippen molar-refractivity contribution in [2.75, 3.05) is 32.1 Å². The summed E-state index contributed by atoms with van der Waals surface area (Å²) in [6.07, 6.45) is 2.44. The van der Waals surface area contributed by atoms with E-state index in [9.17, 15) is 0 Å². The third-order valence-corrected chi connectivity index (χ3v) is 3.41. The Bertz CT molecular complexity index is 501. The highest BCUT2D eigenvalue weighted by Crippen LogP contribution is 2.29. The van der Waals surface area contributed by atoms with Crippen molar-refractivity contribution in [2.24, 2.45) is 0 Å². The van der Waals surface area contributed by atoms with Crippen molar-refractivity contribution >= 4 is 16.6 Å². The molecule has 98 valence electrons. The van der Waals surface area contributed by atoms with Crippen LogP contribution < -0.4 is 10.2 Å². The van der Waals surface area contributed by atoms with E-state index < -0.39 is 0 Å². The second-order valence-electron chi connectivity index (χ2n) is 4.88. The molecule has 3 heteroatoms. The van der Waals surface area contributed by atoms with Crippen LogP contribution in [-0.4, -0.2) is 32.2 Å². The van der Waals surface area contributed by atoms with Crippen LogP contribution in [0.15, 0.2) is 24.3 Å². The van der Waals surface area contributed by atoms with E-state index in [4.69, 9.17) is 0 Å². The number of para-hydroxylation sites is 1. The molecule has 3 nitrogen and oxygen atoms in total. The van der Waals surface area contributed by atoms with Crippen molar-refractivity contribution in [3.63, 3.8) is 0 Å². The molecule has 0 saturated heterocycles. The highest BCUT2D eigenvalue weighted by molar-refractivity contribution is 5.94. The van der Waals surface area contributed by atoms with Gasteiger partial charge in [-0.15, -0.1) is 0 Å². The molecule has 18 heavy (non-hydrogen) atoms. The van der Waals surface area contributed by atoms with Gasteiger partial charge in [0.2, 0.25) is 0 Å². The number of aromatic nitrogens is 1. The van der Waals surface area contributed by atoms with Gasteiger partial charge in [-0.25, -0.2) is 0 Å². The number of hydrogen-bond acceptors (Lipinski definition) is 2. The summed E-state index contributed by atoms with van der Waals surface area (Å²) in [5.41, 5.74) is 3.83. The maximum atomic E-state index is 3.46. The van der Waals surface area contributed by atoms with Gasteiger partial charge < -0.3 is 15.2 Å². The number of H-pyrrole nitrogens is 1. The van der Waals surface area contributed by atoms with Crippen LogP contribution in [0, 0.1) is 6.92 Å². The van der Waals surface area contributed by atoms with Crippen LogP contribution in [0.1, 0.15) is 18.5 Å². The summed E-state index contributed by atoms with van der Waals surface area (Å²) in [6, 6.07) is 8.52. The second kappa shape index (κ2) is 5.91. The van der Waals surface area contributed by atoms with Crippen molar-refractivity contribution in [3.8, 4) is 0 Å². The molecule has 0 aliphatic rings. The molecule has 0 aliphatic heterocycles. The minimum atomic E-state index is 1.10. The third kappa shape index (κ3) is 2.67. The van der Waals surface area contributed by atoms with Crippen LogP contribution >= 0.6 is 0 Å². The summed E-state index contributed by atoms with van der Waals surface area (Å²) in [5.74, 6) is 0. The van der Waals surface area contributed by atoms with Crippen LogP contribution in [-0.2, 0) is 0 Å². The summed E-state index contributed by atoms with van der Waals surface area (Å²) >= 11 is 0. The van der Waals surface area contributed by atoms with E-state index in [-0.39, 0.29) is 0 Å². The normalized spacial score (nSPS) is 11.1. The van der Waals surface area contributed by atoms with Gasteiger partial charge in [-0.2, -0.15) is 0 Å². The van der Waals surface area contributed by atoms with Crippen molar-refractivity contribution < 1.29 is 0 Å². The summed E-state index contributed by atoms with van der Waals surface area (Å²) < 4.78 is 0. The Labute approximate surface area is 109 Å². The van der Waals surface area contributed by atoms with Crippen molar-refractivity contribution in [1.82, 2.24) is 10.3 Å². The smallest absolute Gasteiger partial charge is 0.0651 e. The summed E-state index contributed by atoms with van der Waals surface area (Å²) in [7, 11) is 4.19.